The molecule has 0 spiro atoms. The van der Waals surface area contributed by atoms with Crippen molar-refractivity contribution in [2.75, 3.05) is 0 Å². The van der Waals surface area contributed by atoms with Crippen molar-refractivity contribution in [1.82, 2.24) is 9.97 Å². The molecule has 2 aromatic rings. The minimum Gasteiger partial charge on any atom is -0.449 e. The summed E-state index contributed by atoms with van der Waals surface area (Å²) in [6, 6.07) is 4.01. The summed E-state index contributed by atoms with van der Waals surface area (Å²) in [5.41, 5.74) is 1.22. The molecule has 0 saturated heterocycles. The van der Waals surface area contributed by atoms with Gasteiger partial charge in [-0.1, -0.05) is 34.1 Å². The molecule has 0 amide bonds. The quantitative estimate of drug-likeness (QED) is 0.719. The Balaban J connectivity index is 0. The highest BCUT2D eigenvalue weighted by Crippen LogP contribution is 1.88. The molecule has 0 aliphatic heterocycles. The lowest BCUT2D eigenvalue weighted by Crippen LogP contribution is -1.59. The summed E-state index contributed by atoms with van der Waals surface area (Å²) >= 11 is 0. The van der Waals surface area contributed by atoms with Crippen molar-refractivity contribution in [3.63, 3.8) is 0 Å². The Hall–Kier alpha value is -1.51. The van der Waals surface area contributed by atoms with E-state index >= 15 is 0 Å². The van der Waals surface area contributed by atoms with Crippen LogP contribution in [0.15, 0.2) is 35.3 Å². The standard InChI is InChI=1S/C5H7N.C4H5NO.C3H8.C2H6/c1-5-3-2-4-6-5;1-4-2-5-3-6-4;1-3-2;1-2/h2-4,6H,1H3;2-3H,1H3;3H2,1-2H3;1-2H3. The Kier molecular flexibility index (Phi) is 15.2. The van der Waals surface area contributed by atoms with Crippen molar-refractivity contribution in [2.24, 2.45) is 0 Å². The molecule has 1 N–H and O–H groups in total. The maximum atomic E-state index is 4.72. The Morgan fingerprint density at radius 1 is 1.24 bits per heavy atom. The van der Waals surface area contributed by atoms with Crippen LogP contribution in [0, 0.1) is 13.8 Å². The normalized spacial score (nSPS) is 7.65. The molecule has 17 heavy (non-hydrogen) atoms. The third kappa shape index (κ3) is 14.5. The summed E-state index contributed by atoms with van der Waals surface area (Å²) in [6.07, 6.45) is 6.24. The second-order valence-electron chi connectivity index (χ2n) is 3.17. The Bertz CT molecular complexity index is 267. The lowest BCUT2D eigenvalue weighted by atomic mass is 10.5. The van der Waals surface area contributed by atoms with E-state index in [-0.39, 0.29) is 0 Å². The predicted molar refractivity (Wildman–Crippen MR) is 74.1 cm³/mol. The Morgan fingerprint density at radius 2 is 1.82 bits per heavy atom. The van der Waals surface area contributed by atoms with Gasteiger partial charge >= 0.3 is 0 Å². The largest absolute Gasteiger partial charge is 0.449 e. The molecule has 0 fully saturated rings. The third-order valence-electron chi connectivity index (χ3n) is 1.31. The number of H-pyrrole nitrogens is 1. The van der Waals surface area contributed by atoms with E-state index in [1.54, 1.807) is 6.20 Å². The number of aryl methyl sites for hydroxylation is 2. The summed E-state index contributed by atoms with van der Waals surface area (Å²) in [6.45, 7) is 12.1. The topological polar surface area (TPSA) is 41.8 Å². The average Bonchev–Trinajstić information content (AvgIpc) is 2.97. The fourth-order valence-electron chi connectivity index (χ4n) is 0.700. The second kappa shape index (κ2) is 14.5. The van der Waals surface area contributed by atoms with E-state index in [0.717, 1.165) is 5.76 Å². The first-order chi connectivity index (χ1) is 8.20. The molecule has 0 aliphatic carbocycles. The van der Waals surface area contributed by atoms with Gasteiger partial charge in [-0.05, 0) is 26.0 Å². The summed E-state index contributed by atoms with van der Waals surface area (Å²) in [4.78, 5) is 6.66. The van der Waals surface area contributed by atoms with E-state index in [4.69, 9.17) is 4.42 Å². The zero-order valence-electron chi connectivity index (χ0n) is 11.9. The maximum absolute atomic E-state index is 4.72. The Morgan fingerprint density at radius 3 is 1.94 bits per heavy atom. The lowest BCUT2D eigenvalue weighted by Gasteiger charge is -1.70. The molecule has 0 saturated carbocycles. The van der Waals surface area contributed by atoms with Gasteiger partial charge in [0.2, 0.25) is 0 Å². The van der Waals surface area contributed by atoms with Crippen LogP contribution in [0.3, 0.4) is 0 Å². The minimum atomic E-state index is 0.856. The highest BCUT2D eigenvalue weighted by atomic mass is 16.3. The first-order valence-electron chi connectivity index (χ1n) is 6.15. The van der Waals surface area contributed by atoms with Gasteiger partial charge in [-0.25, -0.2) is 4.98 Å². The molecule has 98 valence electrons. The number of aromatic nitrogens is 2. The van der Waals surface area contributed by atoms with E-state index in [1.165, 1.54) is 18.5 Å². The van der Waals surface area contributed by atoms with Crippen LogP contribution >= 0.6 is 0 Å². The number of hydrogen-bond donors (Lipinski definition) is 1. The lowest BCUT2D eigenvalue weighted by molar-refractivity contribution is 0.527. The van der Waals surface area contributed by atoms with Gasteiger partial charge in [0.25, 0.3) is 0 Å². The average molecular weight is 238 g/mol. The van der Waals surface area contributed by atoms with Crippen LogP contribution in [0.25, 0.3) is 0 Å². The molecule has 2 rings (SSSR count). The van der Waals surface area contributed by atoms with Crippen molar-refractivity contribution in [1.29, 1.82) is 0 Å². The molecule has 0 atom stereocenters. The van der Waals surface area contributed by atoms with Crippen LogP contribution in [0.2, 0.25) is 0 Å². The first-order valence-corrected chi connectivity index (χ1v) is 6.15. The first kappa shape index (κ1) is 17.9. The second-order valence-corrected chi connectivity index (χ2v) is 3.17. The van der Waals surface area contributed by atoms with Gasteiger partial charge < -0.3 is 9.40 Å². The van der Waals surface area contributed by atoms with Gasteiger partial charge in [0.05, 0.1) is 6.20 Å². The summed E-state index contributed by atoms with van der Waals surface area (Å²) < 4.78 is 4.72. The van der Waals surface area contributed by atoms with Crippen molar-refractivity contribution >= 4 is 0 Å². The Labute approximate surface area is 105 Å². The van der Waals surface area contributed by atoms with E-state index in [2.05, 4.69) is 23.8 Å². The maximum Gasteiger partial charge on any atom is 0.180 e. The minimum absolute atomic E-state index is 0.856. The van der Waals surface area contributed by atoms with Crippen molar-refractivity contribution in [3.05, 3.63) is 42.4 Å². The zero-order valence-corrected chi connectivity index (χ0v) is 11.9. The number of hydrogen-bond acceptors (Lipinski definition) is 2. The molecule has 0 bridgehead atoms. The molecule has 0 aromatic carbocycles. The molecule has 3 heteroatoms. The number of oxazole rings is 1. The van der Waals surface area contributed by atoms with Crippen LogP contribution in [0.1, 0.15) is 45.6 Å². The highest BCUT2D eigenvalue weighted by Gasteiger charge is 1.77. The van der Waals surface area contributed by atoms with Crippen LogP contribution in [0.4, 0.5) is 0 Å². The monoisotopic (exact) mass is 238 g/mol. The van der Waals surface area contributed by atoms with Gasteiger partial charge in [-0.2, -0.15) is 0 Å². The molecule has 2 heterocycles. The summed E-state index contributed by atoms with van der Waals surface area (Å²) in [7, 11) is 0. The van der Waals surface area contributed by atoms with Crippen LogP contribution < -0.4 is 0 Å². The van der Waals surface area contributed by atoms with Gasteiger partial charge in [-0.15, -0.1) is 0 Å². The molecule has 0 radical (unpaired) electrons. The van der Waals surface area contributed by atoms with E-state index < -0.39 is 0 Å². The van der Waals surface area contributed by atoms with E-state index in [1.807, 2.05) is 46.0 Å². The van der Waals surface area contributed by atoms with Crippen LogP contribution in [-0.4, -0.2) is 9.97 Å². The zero-order chi connectivity index (χ0) is 13.5. The number of rotatable bonds is 0. The van der Waals surface area contributed by atoms with Crippen LogP contribution in [0.5, 0.6) is 0 Å². The SMILES string of the molecule is CC.CCC.Cc1ccc[nH]1.Cc1cnco1. The van der Waals surface area contributed by atoms with Gasteiger partial charge in [-0.3, -0.25) is 0 Å². The van der Waals surface area contributed by atoms with Crippen LogP contribution in [-0.2, 0) is 0 Å². The smallest absolute Gasteiger partial charge is 0.180 e. The third-order valence-corrected chi connectivity index (χ3v) is 1.31. The molecule has 0 aliphatic rings. The van der Waals surface area contributed by atoms with E-state index in [9.17, 15) is 0 Å². The number of nitrogens with zero attached hydrogens (tertiary/aromatic N) is 1. The number of aromatic amines is 1. The van der Waals surface area contributed by atoms with E-state index in [0.29, 0.717) is 0 Å². The number of nitrogens with one attached hydrogen (secondary N) is 1. The van der Waals surface area contributed by atoms with Crippen molar-refractivity contribution in [3.8, 4) is 0 Å². The molecular weight excluding hydrogens is 212 g/mol. The molecule has 3 nitrogen and oxygen atoms in total. The fraction of sp³-hybridized carbons (Fsp3) is 0.500. The van der Waals surface area contributed by atoms with Gasteiger partial charge in [0.1, 0.15) is 5.76 Å². The van der Waals surface area contributed by atoms with Crippen molar-refractivity contribution < 1.29 is 4.42 Å². The highest BCUT2D eigenvalue weighted by molar-refractivity contribution is 4.99. The summed E-state index contributed by atoms with van der Waals surface area (Å²) in [5.74, 6) is 0.856. The van der Waals surface area contributed by atoms with Gasteiger partial charge in [0.15, 0.2) is 6.39 Å². The molecule has 0 unspecified atom stereocenters. The molecule has 2 aromatic heterocycles. The summed E-state index contributed by atoms with van der Waals surface area (Å²) in [5, 5.41) is 0. The van der Waals surface area contributed by atoms with Crippen molar-refractivity contribution in [2.45, 2.75) is 48.0 Å². The predicted octanol–water partition coefficient (Wildman–Crippen LogP) is 4.75. The van der Waals surface area contributed by atoms with Gasteiger partial charge in [0, 0.05) is 11.9 Å². The molecular formula is C14H26N2O. The fourth-order valence-corrected chi connectivity index (χ4v) is 0.700.